The Morgan fingerprint density at radius 2 is 2.23 bits per heavy atom. The summed E-state index contributed by atoms with van der Waals surface area (Å²) in [5, 5.41) is 10.5. The van der Waals surface area contributed by atoms with E-state index in [4.69, 9.17) is 14.2 Å². The van der Waals surface area contributed by atoms with Gasteiger partial charge >= 0.3 is 0 Å². The molecule has 1 N–H and O–H groups in total. The van der Waals surface area contributed by atoms with E-state index < -0.39 is 12.2 Å². The summed E-state index contributed by atoms with van der Waals surface area (Å²) in [6.45, 7) is 1.97. The number of imidazole rings is 1. The van der Waals surface area contributed by atoms with Crippen LogP contribution in [0.3, 0.4) is 0 Å². The lowest BCUT2D eigenvalue weighted by Crippen LogP contribution is -2.51. The highest BCUT2D eigenvalue weighted by atomic mass is 16.6. The van der Waals surface area contributed by atoms with E-state index in [0.29, 0.717) is 43.4 Å². The molecule has 1 aromatic carbocycles. The van der Waals surface area contributed by atoms with Gasteiger partial charge in [0.2, 0.25) is 11.7 Å². The molecule has 26 heavy (non-hydrogen) atoms. The predicted molar refractivity (Wildman–Crippen MR) is 91.3 cm³/mol. The highest BCUT2D eigenvalue weighted by molar-refractivity contribution is 5.76. The van der Waals surface area contributed by atoms with Crippen LogP contribution in [0.5, 0.6) is 17.2 Å². The largest absolute Gasteiger partial charge is 0.486 e. The molecular weight excluding hydrogens is 338 g/mol. The van der Waals surface area contributed by atoms with Crippen molar-refractivity contribution >= 4 is 5.91 Å². The van der Waals surface area contributed by atoms with Gasteiger partial charge < -0.3 is 28.8 Å². The van der Waals surface area contributed by atoms with Gasteiger partial charge in [-0.1, -0.05) is 6.07 Å². The minimum Gasteiger partial charge on any atom is -0.486 e. The normalized spacial score (nSPS) is 22.1. The van der Waals surface area contributed by atoms with Crippen molar-refractivity contribution in [2.45, 2.75) is 25.2 Å². The number of ether oxygens (including phenoxy) is 3. The molecule has 2 aliphatic heterocycles. The first-order chi connectivity index (χ1) is 12.7. The van der Waals surface area contributed by atoms with Crippen LogP contribution in [0.15, 0.2) is 36.9 Å². The molecule has 0 spiro atoms. The van der Waals surface area contributed by atoms with E-state index in [2.05, 4.69) is 4.98 Å². The van der Waals surface area contributed by atoms with Crippen molar-refractivity contribution in [1.29, 1.82) is 0 Å². The number of β-amino-alcohol motifs (C(OH)–C–C–N with tert-alkyl or cyclic N) is 1. The Bertz CT molecular complexity index is 764. The molecule has 2 atom stereocenters. The van der Waals surface area contributed by atoms with E-state index in [1.165, 1.54) is 0 Å². The molecule has 0 saturated carbocycles. The molecular formula is C18H21N3O5. The SMILES string of the molecule is O=C(Cn1ccnc1)N1CC[C@@H](Oc2cccc3c2OCCO3)[C@H](O)C1. The van der Waals surface area contributed by atoms with E-state index in [1.807, 2.05) is 12.1 Å². The van der Waals surface area contributed by atoms with Gasteiger partial charge in [-0.05, 0) is 12.1 Å². The van der Waals surface area contributed by atoms with Crippen molar-refractivity contribution in [3.8, 4) is 17.2 Å². The topological polar surface area (TPSA) is 86.1 Å². The number of hydrogen-bond donors (Lipinski definition) is 1. The molecule has 1 fully saturated rings. The van der Waals surface area contributed by atoms with Gasteiger partial charge in [0.1, 0.15) is 32.0 Å². The summed E-state index contributed by atoms with van der Waals surface area (Å²) in [6, 6.07) is 5.46. The zero-order chi connectivity index (χ0) is 17.9. The Hall–Kier alpha value is -2.74. The number of aliphatic hydroxyl groups is 1. The molecule has 1 aromatic heterocycles. The molecule has 1 saturated heterocycles. The van der Waals surface area contributed by atoms with Gasteiger partial charge in [-0.25, -0.2) is 4.98 Å². The van der Waals surface area contributed by atoms with Crippen LogP contribution in [0.2, 0.25) is 0 Å². The van der Waals surface area contributed by atoms with Crippen LogP contribution < -0.4 is 14.2 Å². The first-order valence-electron chi connectivity index (χ1n) is 8.67. The van der Waals surface area contributed by atoms with Crippen molar-refractivity contribution < 1.29 is 24.1 Å². The van der Waals surface area contributed by atoms with Crippen LogP contribution in [-0.4, -0.2) is 64.0 Å². The number of rotatable bonds is 4. The minimum atomic E-state index is -0.768. The number of piperidine rings is 1. The van der Waals surface area contributed by atoms with Gasteiger partial charge in [0.05, 0.1) is 12.9 Å². The molecule has 8 nitrogen and oxygen atoms in total. The highest BCUT2D eigenvalue weighted by Gasteiger charge is 2.32. The maximum absolute atomic E-state index is 12.4. The second kappa shape index (κ2) is 7.25. The average Bonchev–Trinajstić information content (AvgIpc) is 3.16. The monoisotopic (exact) mass is 359 g/mol. The zero-order valence-corrected chi connectivity index (χ0v) is 14.3. The smallest absolute Gasteiger partial charge is 0.242 e. The van der Waals surface area contributed by atoms with Gasteiger partial charge in [-0.15, -0.1) is 0 Å². The molecule has 138 valence electrons. The van der Waals surface area contributed by atoms with Crippen molar-refractivity contribution in [2.75, 3.05) is 26.3 Å². The quantitative estimate of drug-likeness (QED) is 0.865. The van der Waals surface area contributed by atoms with E-state index in [1.54, 1.807) is 34.3 Å². The summed E-state index contributed by atoms with van der Waals surface area (Å²) < 4.78 is 18.9. The highest BCUT2D eigenvalue weighted by Crippen LogP contribution is 2.40. The number of carbonyl (C=O) groups is 1. The summed E-state index contributed by atoms with van der Waals surface area (Å²) in [7, 11) is 0. The number of nitrogens with zero attached hydrogens (tertiary/aromatic N) is 3. The van der Waals surface area contributed by atoms with Crippen molar-refractivity contribution in [1.82, 2.24) is 14.5 Å². The number of aliphatic hydroxyl groups excluding tert-OH is 1. The standard InChI is InChI=1S/C18H21N3O5/c22-13-10-21(17(23)11-20-7-5-19-12-20)6-4-14(13)26-16-3-1-2-15-18(16)25-9-8-24-15/h1-3,5,7,12-14,22H,4,6,8-11H2/t13-,14-/m1/s1. The van der Waals surface area contributed by atoms with Crippen LogP contribution >= 0.6 is 0 Å². The van der Waals surface area contributed by atoms with Crippen LogP contribution in [0.1, 0.15) is 6.42 Å². The third-order valence-electron chi connectivity index (χ3n) is 4.56. The average molecular weight is 359 g/mol. The zero-order valence-electron chi connectivity index (χ0n) is 14.3. The Balaban J connectivity index is 1.38. The Morgan fingerprint density at radius 3 is 3.04 bits per heavy atom. The summed E-state index contributed by atoms with van der Waals surface area (Å²) in [5.41, 5.74) is 0. The van der Waals surface area contributed by atoms with Crippen LogP contribution in [0.4, 0.5) is 0 Å². The fourth-order valence-electron chi connectivity index (χ4n) is 3.21. The molecule has 8 heteroatoms. The summed E-state index contributed by atoms with van der Waals surface area (Å²) >= 11 is 0. The molecule has 4 rings (SSSR count). The van der Waals surface area contributed by atoms with Crippen LogP contribution in [0.25, 0.3) is 0 Å². The number of aromatic nitrogens is 2. The van der Waals surface area contributed by atoms with Gasteiger partial charge in [0, 0.05) is 25.4 Å². The number of para-hydroxylation sites is 1. The Morgan fingerprint density at radius 1 is 1.35 bits per heavy atom. The van der Waals surface area contributed by atoms with Gasteiger partial charge in [-0.3, -0.25) is 4.79 Å². The number of carbonyl (C=O) groups excluding carboxylic acids is 1. The molecule has 3 heterocycles. The number of amides is 1. The predicted octanol–water partition coefficient (Wildman–Crippen LogP) is 0.695. The lowest BCUT2D eigenvalue weighted by Gasteiger charge is -2.36. The van der Waals surface area contributed by atoms with E-state index in [-0.39, 0.29) is 19.0 Å². The van der Waals surface area contributed by atoms with Gasteiger partial charge in [-0.2, -0.15) is 0 Å². The minimum absolute atomic E-state index is 0.0469. The van der Waals surface area contributed by atoms with E-state index >= 15 is 0 Å². The Labute approximate surface area is 150 Å². The lowest BCUT2D eigenvalue weighted by atomic mass is 10.0. The summed E-state index contributed by atoms with van der Waals surface area (Å²) in [5.74, 6) is 1.74. The first-order valence-corrected chi connectivity index (χ1v) is 8.67. The number of likely N-dealkylation sites (tertiary alicyclic amines) is 1. The Kier molecular flexibility index (Phi) is 4.66. The van der Waals surface area contributed by atoms with Crippen molar-refractivity contribution in [3.63, 3.8) is 0 Å². The fourth-order valence-corrected chi connectivity index (χ4v) is 3.21. The number of hydrogen-bond acceptors (Lipinski definition) is 6. The lowest BCUT2D eigenvalue weighted by molar-refractivity contribution is -0.137. The summed E-state index contributed by atoms with van der Waals surface area (Å²) in [4.78, 5) is 17.9. The summed E-state index contributed by atoms with van der Waals surface area (Å²) in [6.07, 6.45) is 4.35. The third-order valence-corrected chi connectivity index (χ3v) is 4.56. The first kappa shape index (κ1) is 16.7. The molecule has 0 radical (unpaired) electrons. The van der Waals surface area contributed by atoms with Crippen LogP contribution in [0, 0.1) is 0 Å². The van der Waals surface area contributed by atoms with E-state index in [0.717, 1.165) is 0 Å². The van der Waals surface area contributed by atoms with Crippen molar-refractivity contribution in [3.05, 3.63) is 36.9 Å². The number of benzene rings is 1. The third kappa shape index (κ3) is 3.45. The molecule has 1 amide bonds. The fraction of sp³-hybridized carbons (Fsp3) is 0.444. The second-order valence-corrected chi connectivity index (χ2v) is 6.37. The molecule has 0 aliphatic carbocycles. The van der Waals surface area contributed by atoms with Crippen molar-refractivity contribution in [2.24, 2.45) is 0 Å². The number of fused-ring (bicyclic) bond motifs is 1. The molecule has 0 bridgehead atoms. The maximum atomic E-state index is 12.4. The van der Waals surface area contributed by atoms with Crippen LogP contribution in [-0.2, 0) is 11.3 Å². The molecule has 0 unspecified atom stereocenters. The van der Waals surface area contributed by atoms with Gasteiger partial charge in [0.15, 0.2) is 11.5 Å². The maximum Gasteiger partial charge on any atom is 0.242 e. The molecule has 2 aromatic rings. The van der Waals surface area contributed by atoms with Gasteiger partial charge in [0.25, 0.3) is 0 Å². The van der Waals surface area contributed by atoms with E-state index in [9.17, 15) is 9.90 Å². The molecule has 2 aliphatic rings. The second-order valence-electron chi connectivity index (χ2n) is 6.37.